The van der Waals surface area contributed by atoms with Gasteiger partial charge in [0.15, 0.2) is 9.84 Å². The third kappa shape index (κ3) is 7.20. The zero-order valence-corrected chi connectivity index (χ0v) is 25.3. The maximum Gasteiger partial charge on any atom is 0.410 e. The lowest BCUT2D eigenvalue weighted by atomic mass is 9.82. The first-order chi connectivity index (χ1) is 20.8. The Bertz CT molecular complexity index is 1700. The lowest BCUT2D eigenvalue weighted by molar-refractivity contribution is -0.0150. The molecular formula is C34H33ClN2O5S. The number of sulfone groups is 1. The third-order valence-corrected chi connectivity index (χ3v) is 9.93. The SMILES string of the molecule is O=C(OCc1cccc(Cl)c1)N1CCC2(CCc3cc(-c4ccc(CS(=O)(=O)Cc5ccccn5)cc4)ccc3O2)CC1. The number of carbonyl (C=O) groups excluding carboxylic acids is 1. The van der Waals surface area contributed by atoms with E-state index < -0.39 is 9.84 Å². The molecule has 2 aliphatic rings. The zero-order chi connectivity index (χ0) is 29.9. The molecule has 7 nitrogen and oxygen atoms in total. The molecule has 1 fully saturated rings. The first kappa shape index (κ1) is 29.2. The van der Waals surface area contributed by atoms with Crippen LogP contribution in [-0.4, -0.2) is 43.1 Å². The number of hydrogen-bond donors (Lipinski definition) is 0. The van der Waals surface area contributed by atoms with Crippen molar-refractivity contribution in [3.63, 3.8) is 0 Å². The molecule has 0 unspecified atom stereocenters. The highest BCUT2D eigenvalue weighted by Crippen LogP contribution is 2.41. The van der Waals surface area contributed by atoms with E-state index in [1.54, 1.807) is 41.4 Å². The predicted octanol–water partition coefficient (Wildman–Crippen LogP) is 7.01. The summed E-state index contributed by atoms with van der Waals surface area (Å²) in [5.41, 5.74) is 5.14. The van der Waals surface area contributed by atoms with Crippen molar-refractivity contribution in [1.82, 2.24) is 9.88 Å². The molecule has 6 rings (SSSR count). The standard InChI is InChI=1S/C34H33ClN2O5S/c35-30-5-3-4-26(20-30)22-41-33(38)37-18-15-34(16-19-37)14-13-29-21-28(11-12-32(29)42-34)27-9-7-25(8-10-27)23-43(39,40)24-31-6-1-2-17-36-31/h1-12,17,20-21H,13-16,18-19,22-24H2. The van der Waals surface area contributed by atoms with Crippen LogP contribution in [0.15, 0.2) is 91.1 Å². The van der Waals surface area contributed by atoms with Gasteiger partial charge in [0.2, 0.25) is 0 Å². The van der Waals surface area contributed by atoms with Crippen molar-refractivity contribution in [1.29, 1.82) is 0 Å². The maximum absolute atomic E-state index is 12.7. The number of amides is 1. The molecule has 0 aliphatic carbocycles. The molecule has 3 aromatic carbocycles. The normalized spacial score (nSPS) is 15.9. The number of fused-ring (bicyclic) bond motifs is 1. The van der Waals surface area contributed by atoms with Crippen molar-refractivity contribution in [2.75, 3.05) is 13.1 Å². The fourth-order valence-corrected chi connectivity index (χ4v) is 7.46. The number of rotatable bonds is 7. The van der Waals surface area contributed by atoms with E-state index in [0.717, 1.165) is 59.3 Å². The summed E-state index contributed by atoms with van der Waals surface area (Å²) in [6.45, 7) is 1.37. The molecule has 0 saturated carbocycles. The Morgan fingerprint density at radius 1 is 0.884 bits per heavy atom. The summed E-state index contributed by atoms with van der Waals surface area (Å²) in [5.74, 6) is 0.791. The minimum absolute atomic E-state index is 0.0268. The van der Waals surface area contributed by atoms with Crippen molar-refractivity contribution >= 4 is 27.5 Å². The van der Waals surface area contributed by atoms with Gasteiger partial charge in [-0.1, -0.05) is 60.1 Å². The van der Waals surface area contributed by atoms with Crippen molar-refractivity contribution in [3.05, 3.63) is 119 Å². The van der Waals surface area contributed by atoms with Crippen LogP contribution in [0.2, 0.25) is 5.02 Å². The van der Waals surface area contributed by atoms with Crippen molar-refractivity contribution < 1.29 is 22.7 Å². The summed E-state index contributed by atoms with van der Waals surface area (Å²) in [6.07, 6.45) is 4.59. The first-order valence-electron chi connectivity index (χ1n) is 14.4. The number of aryl methyl sites for hydroxylation is 1. The average molecular weight is 617 g/mol. The van der Waals surface area contributed by atoms with Gasteiger partial charge in [-0.05, 0) is 77.1 Å². The van der Waals surface area contributed by atoms with Gasteiger partial charge in [0.1, 0.15) is 18.0 Å². The van der Waals surface area contributed by atoms with E-state index in [1.807, 2.05) is 48.5 Å². The number of likely N-dealkylation sites (tertiary alicyclic amines) is 1. The van der Waals surface area contributed by atoms with Crippen LogP contribution < -0.4 is 4.74 Å². The number of benzene rings is 3. The number of piperidine rings is 1. The van der Waals surface area contributed by atoms with Gasteiger partial charge < -0.3 is 14.4 Å². The van der Waals surface area contributed by atoms with E-state index in [9.17, 15) is 13.2 Å². The quantitative estimate of drug-likeness (QED) is 0.222. The molecule has 1 spiro atoms. The van der Waals surface area contributed by atoms with Crippen molar-refractivity contribution in [3.8, 4) is 16.9 Å². The summed E-state index contributed by atoms with van der Waals surface area (Å²) in [7, 11) is -3.33. The molecule has 43 heavy (non-hydrogen) atoms. The molecule has 1 aromatic heterocycles. The number of pyridine rings is 1. The summed E-state index contributed by atoms with van der Waals surface area (Å²) in [4.78, 5) is 18.6. The molecule has 3 heterocycles. The minimum Gasteiger partial charge on any atom is -0.487 e. The molecule has 1 saturated heterocycles. The number of halogens is 1. The lowest BCUT2D eigenvalue weighted by Crippen LogP contribution is -2.51. The Morgan fingerprint density at radius 2 is 1.67 bits per heavy atom. The zero-order valence-electron chi connectivity index (χ0n) is 23.7. The maximum atomic E-state index is 12.7. The van der Waals surface area contributed by atoms with Gasteiger partial charge >= 0.3 is 6.09 Å². The van der Waals surface area contributed by atoms with Crippen LogP contribution in [0.5, 0.6) is 5.75 Å². The van der Waals surface area contributed by atoms with E-state index >= 15 is 0 Å². The Labute approximate surface area is 257 Å². The second kappa shape index (κ2) is 12.4. The Hall–Kier alpha value is -3.88. The van der Waals surface area contributed by atoms with Gasteiger partial charge in [0.25, 0.3) is 0 Å². The molecule has 1 amide bonds. The lowest BCUT2D eigenvalue weighted by Gasteiger charge is -2.44. The van der Waals surface area contributed by atoms with Gasteiger partial charge in [-0.25, -0.2) is 13.2 Å². The molecule has 0 N–H and O–H groups in total. The van der Waals surface area contributed by atoms with Gasteiger partial charge in [0, 0.05) is 37.2 Å². The molecule has 0 bridgehead atoms. The molecular weight excluding hydrogens is 584 g/mol. The van der Waals surface area contributed by atoms with Crippen LogP contribution >= 0.6 is 11.6 Å². The molecule has 4 aromatic rings. The Morgan fingerprint density at radius 3 is 2.42 bits per heavy atom. The predicted molar refractivity (Wildman–Crippen MR) is 167 cm³/mol. The molecule has 0 radical (unpaired) electrons. The second-order valence-electron chi connectivity index (χ2n) is 11.3. The highest BCUT2D eigenvalue weighted by molar-refractivity contribution is 7.89. The van der Waals surface area contributed by atoms with E-state index in [1.165, 1.54) is 0 Å². The van der Waals surface area contributed by atoms with Gasteiger partial charge in [-0.3, -0.25) is 4.98 Å². The number of ether oxygens (including phenoxy) is 2. The highest BCUT2D eigenvalue weighted by atomic mass is 35.5. The minimum atomic E-state index is -3.33. The van der Waals surface area contributed by atoms with Crippen molar-refractivity contribution in [2.24, 2.45) is 0 Å². The largest absolute Gasteiger partial charge is 0.487 e. The van der Waals surface area contributed by atoms with Gasteiger partial charge in [-0.15, -0.1) is 0 Å². The first-order valence-corrected chi connectivity index (χ1v) is 16.6. The summed E-state index contributed by atoms with van der Waals surface area (Å²) in [6, 6.07) is 26.6. The number of aromatic nitrogens is 1. The molecule has 2 aliphatic heterocycles. The van der Waals surface area contributed by atoms with E-state index in [-0.39, 0.29) is 29.8 Å². The Balaban J connectivity index is 1.04. The van der Waals surface area contributed by atoms with Gasteiger partial charge in [-0.2, -0.15) is 0 Å². The van der Waals surface area contributed by atoms with E-state index in [0.29, 0.717) is 23.8 Å². The van der Waals surface area contributed by atoms with Crippen LogP contribution in [0, 0.1) is 0 Å². The van der Waals surface area contributed by atoms with Crippen LogP contribution in [0.25, 0.3) is 11.1 Å². The fourth-order valence-electron chi connectivity index (χ4n) is 5.82. The van der Waals surface area contributed by atoms with Crippen molar-refractivity contribution in [2.45, 2.75) is 49.4 Å². The molecule has 222 valence electrons. The molecule has 9 heteroatoms. The van der Waals surface area contributed by atoms with Crippen LogP contribution in [0.4, 0.5) is 4.79 Å². The number of hydrogen-bond acceptors (Lipinski definition) is 6. The van der Waals surface area contributed by atoms with Crippen LogP contribution in [-0.2, 0) is 39.1 Å². The number of carbonyl (C=O) groups is 1. The molecule has 0 atom stereocenters. The van der Waals surface area contributed by atoms with E-state index in [4.69, 9.17) is 21.1 Å². The average Bonchev–Trinajstić information content (AvgIpc) is 3.00. The summed E-state index contributed by atoms with van der Waals surface area (Å²) in [5, 5.41) is 0.620. The fraction of sp³-hybridized carbons (Fsp3) is 0.294. The summed E-state index contributed by atoms with van der Waals surface area (Å²) < 4.78 is 37.4. The number of nitrogens with zero attached hydrogens (tertiary/aromatic N) is 2. The van der Waals surface area contributed by atoms with Gasteiger partial charge in [0.05, 0.1) is 17.2 Å². The highest BCUT2D eigenvalue weighted by Gasteiger charge is 2.40. The Kier molecular flexibility index (Phi) is 8.41. The smallest absolute Gasteiger partial charge is 0.410 e. The van der Waals surface area contributed by atoms with E-state index in [2.05, 4.69) is 11.1 Å². The van der Waals surface area contributed by atoms with Crippen LogP contribution in [0.3, 0.4) is 0 Å². The monoisotopic (exact) mass is 616 g/mol. The second-order valence-corrected chi connectivity index (χ2v) is 13.8. The third-order valence-electron chi connectivity index (χ3n) is 8.19. The summed E-state index contributed by atoms with van der Waals surface area (Å²) >= 11 is 6.03. The van der Waals surface area contributed by atoms with Crippen LogP contribution in [0.1, 0.15) is 41.6 Å². The topological polar surface area (TPSA) is 85.8 Å².